The lowest BCUT2D eigenvalue weighted by molar-refractivity contribution is -0.125. The SMILES string of the molecule is COc1ccc(N2C(=O)CC[C@H](C(=O)Nc3ccc(F)cc3)[C@H]2c2ccc(F)cc2)cc1. The molecule has 5 nitrogen and oxygen atoms in total. The molecule has 164 valence electrons. The minimum Gasteiger partial charge on any atom is -0.497 e. The molecule has 2 atom stereocenters. The summed E-state index contributed by atoms with van der Waals surface area (Å²) in [6.07, 6.45) is 0.520. The number of carbonyl (C=O) groups is 2. The lowest BCUT2D eigenvalue weighted by Gasteiger charge is -2.41. The van der Waals surface area contributed by atoms with Gasteiger partial charge in [-0.05, 0) is 72.6 Å². The highest BCUT2D eigenvalue weighted by molar-refractivity contribution is 6.00. The van der Waals surface area contributed by atoms with E-state index in [4.69, 9.17) is 4.74 Å². The Kier molecular flexibility index (Phi) is 6.16. The van der Waals surface area contributed by atoms with Crippen molar-refractivity contribution in [2.45, 2.75) is 18.9 Å². The van der Waals surface area contributed by atoms with Crippen molar-refractivity contribution in [3.8, 4) is 5.75 Å². The average molecular weight is 436 g/mol. The Morgan fingerprint density at radius 1 is 0.938 bits per heavy atom. The minimum atomic E-state index is -0.634. The number of anilines is 2. The number of hydrogen-bond donors (Lipinski definition) is 1. The number of methoxy groups -OCH3 is 1. The van der Waals surface area contributed by atoms with Gasteiger partial charge >= 0.3 is 0 Å². The molecule has 4 rings (SSSR count). The second-order valence-corrected chi connectivity index (χ2v) is 7.60. The van der Waals surface area contributed by atoms with E-state index in [1.54, 1.807) is 48.4 Å². The fourth-order valence-corrected chi connectivity index (χ4v) is 4.02. The molecule has 0 aromatic heterocycles. The highest BCUT2D eigenvalue weighted by Crippen LogP contribution is 2.41. The van der Waals surface area contributed by atoms with Crippen LogP contribution in [0.3, 0.4) is 0 Å². The summed E-state index contributed by atoms with van der Waals surface area (Å²) in [5.41, 5.74) is 1.72. The van der Waals surface area contributed by atoms with Gasteiger partial charge in [0, 0.05) is 17.8 Å². The highest BCUT2D eigenvalue weighted by Gasteiger charge is 2.41. The summed E-state index contributed by atoms with van der Waals surface area (Å²) >= 11 is 0. The highest BCUT2D eigenvalue weighted by atomic mass is 19.1. The summed E-state index contributed by atoms with van der Waals surface area (Å²) in [6.45, 7) is 0. The van der Waals surface area contributed by atoms with Crippen LogP contribution in [0.15, 0.2) is 72.8 Å². The van der Waals surface area contributed by atoms with Gasteiger partial charge in [-0.1, -0.05) is 12.1 Å². The van der Waals surface area contributed by atoms with E-state index in [0.717, 1.165) is 0 Å². The van der Waals surface area contributed by atoms with Crippen molar-refractivity contribution < 1.29 is 23.1 Å². The van der Waals surface area contributed by atoms with Crippen LogP contribution < -0.4 is 15.0 Å². The van der Waals surface area contributed by atoms with E-state index in [9.17, 15) is 18.4 Å². The van der Waals surface area contributed by atoms with Crippen LogP contribution in [0.2, 0.25) is 0 Å². The standard InChI is InChI=1S/C25H22F2N2O3/c1-32-21-12-10-20(11-13-21)29-23(30)15-14-22(24(29)16-2-4-17(26)5-3-16)25(31)28-19-8-6-18(27)7-9-19/h2-13,22,24H,14-15H2,1H3,(H,28,31)/t22-,24+/m0/s1. The number of halogens is 2. The number of ether oxygens (including phenoxy) is 1. The average Bonchev–Trinajstić information content (AvgIpc) is 2.81. The van der Waals surface area contributed by atoms with E-state index < -0.39 is 23.6 Å². The van der Waals surface area contributed by atoms with Crippen LogP contribution in [0, 0.1) is 17.6 Å². The second-order valence-electron chi connectivity index (χ2n) is 7.60. The Hall–Kier alpha value is -3.74. The van der Waals surface area contributed by atoms with Gasteiger partial charge in [0.15, 0.2) is 0 Å². The molecule has 0 aliphatic carbocycles. The van der Waals surface area contributed by atoms with Crippen LogP contribution in [0.25, 0.3) is 0 Å². The molecule has 0 unspecified atom stereocenters. The third kappa shape index (κ3) is 4.46. The summed E-state index contributed by atoms with van der Waals surface area (Å²) in [7, 11) is 1.55. The number of rotatable bonds is 5. The molecule has 1 fully saturated rings. The minimum absolute atomic E-state index is 0.129. The van der Waals surface area contributed by atoms with Crippen molar-refractivity contribution in [3.63, 3.8) is 0 Å². The van der Waals surface area contributed by atoms with Crippen molar-refractivity contribution in [1.82, 2.24) is 0 Å². The lowest BCUT2D eigenvalue weighted by atomic mass is 9.83. The van der Waals surface area contributed by atoms with E-state index in [0.29, 0.717) is 29.1 Å². The van der Waals surface area contributed by atoms with Gasteiger partial charge in [0.25, 0.3) is 0 Å². The van der Waals surface area contributed by atoms with Gasteiger partial charge in [0.2, 0.25) is 11.8 Å². The van der Waals surface area contributed by atoms with E-state index in [1.807, 2.05) is 0 Å². The predicted octanol–water partition coefficient (Wildman–Crippen LogP) is 5.10. The van der Waals surface area contributed by atoms with Crippen LogP contribution in [0.5, 0.6) is 5.75 Å². The van der Waals surface area contributed by atoms with Gasteiger partial charge in [-0.25, -0.2) is 8.78 Å². The maximum absolute atomic E-state index is 13.6. The number of carbonyl (C=O) groups excluding carboxylic acids is 2. The maximum atomic E-state index is 13.6. The van der Waals surface area contributed by atoms with Crippen molar-refractivity contribution in [1.29, 1.82) is 0 Å². The van der Waals surface area contributed by atoms with Gasteiger partial charge in [-0.15, -0.1) is 0 Å². The number of piperidine rings is 1. The largest absolute Gasteiger partial charge is 0.497 e. The Labute approximate surface area is 184 Å². The fourth-order valence-electron chi connectivity index (χ4n) is 4.02. The van der Waals surface area contributed by atoms with E-state index in [1.165, 1.54) is 36.4 Å². The number of benzene rings is 3. The normalized spacial score (nSPS) is 18.3. The molecular weight excluding hydrogens is 414 g/mol. The Bertz CT molecular complexity index is 1100. The second kappa shape index (κ2) is 9.18. The molecule has 3 aromatic carbocycles. The molecule has 1 N–H and O–H groups in total. The van der Waals surface area contributed by atoms with Gasteiger partial charge in [-0.2, -0.15) is 0 Å². The summed E-state index contributed by atoms with van der Waals surface area (Å²) in [6, 6.07) is 17.7. The third-order valence-electron chi connectivity index (χ3n) is 5.61. The quantitative estimate of drug-likeness (QED) is 0.606. The first-order chi connectivity index (χ1) is 15.5. The Balaban J connectivity index is 1.72. The monoisotopic (exact) mass is 436 g/mol. The topological polar surface area (TPSA) is 58.6 Å². The lowest BCUT2D eigenvalue weighted by Crippen LogP contribution is -2.47. The van der Waals surface area contributed by atoms with Crippen molar-refractivity contribution in [2.75, 3.05) is 17.3 Å². The molecule has 0 spiro atoms. The maximum Gasteiger partial charge on any atom is 0.229 e. The third-order valence-corrected chi connectivity index (χ3v) is 5.61. The molecule has 1 aliphatic rings. The van der Waals surface area contributed by atoms with Crippen LogP contribution in [0.1, 0.15) is 24.4 Å². The van der Waals surface area contributed by atoms with Gasteiger partial charge in [0.1, 0.15) is 17.4 Å². The van der Waals surface area contributed by atoms with Gasteiger partial charge < -0.3 is 15.0 Å². The van der Waals surface area contributed by atoms with Gasteiger partial charge in [0.05, 0.1) is 19.1 Å². The molecule has 0 radical (unpaired) electrons. The zero-order valence-corrected chi connectivity index (χ0v) is 17.4. The molecule has 0 saturated carbocycles. The summed E-state index contributed by atoms with van der Waals surface area (Å²) < 4.78 is 32.0. The molecule has 1 heterocycles. The summed E-state index contributed by atoms with van der Waals surface area (Å²) in [4.78, 5) is 27.8. The predicted molar refractivity (Wildman–Crippen MR) is 117 cm³/mol. The number of nitrogens with zero attached hydrogens (tertiary/aromatic N) is 1. The van der Waals surface area contributed by atoms with Crippen LogP contribution in [-0.4, -0.2) is 18.9 Å². The number of hydrogen-bond acceptors (Lipinski definition) is 3. The van der Waals surface area contributed by atoms with Crippen LogP contribution in [0.4, 0.5) is 20.2 Å². The van der Waals surface area contributed by atoms with E-state index >= 15 is 0 Å². The smallest absolute Gasteiger partial charge is 0.229 e. The zero-order chi connectivity index (χ0) is 22.7. The number of amides is 2. The molecule has 3 aromatic rings. The zero-order valence-electron chi connectivity index (χ0n) is 17.4. The molecule has 7 heteroatoms. The van der Waals surface area contributed by atoms with Crippen LogP contribution >= 0.6 is 0 Å². The van der Waals surface area contributed by atoms with Gasteiger partial charge in [-0.3, -0.25) is 9.59 Å². The molecule has 1 aliphatic heterocycles. The van der Waals surface area contributed by atoms with Crippen molar-refractivity contribution >= 4 is 23.2 Å². The Morgan fingerprint density at radius 2 is 1.53 bits per heavy atom. The molecular formula is C25H22F2N2O3. The first-order valence-electron chi connectivity index (χ1n) is 10.2. The van der Waals surface area contributed by atoms with Crippen molar-refractivity contribution in [2.24, 2.45) is 5.92 Å². The van der Waals surface area contributed by atoms with E-state index in [-0.39, 0.29) is 18.2 Å². The molecule has 1 saturated heterocycles. The molecule has 2 amide bonds. The number of nitrogens with one attached hydrogen (secondary N) is 1. The first kappa shape index (κ1) is 21.5. The fraction of sp³-hybridized carbons (Fsp3) is 0.200. The summed E-state index contributed by atoms with van der Waals surface area (Å²) in [5, 5.41) is 2.82. The molecule has 0 bridgehead atoms. The Morgan fingerprint density at radius 3 is 2.12 bits per heavy atom. The first-order valence-corrected chi connectivity index (χ1v) is 10.2. The summed E-state index contributed by atoms with van der Waals surface area (Å²) in [5.74, 6) is -1.18. The van der Waals surface area contributed by atoms with Crippen molar-refractivity contribution in [3.05, 3.63) is 90.0 Å². The van der Waals surface area contributed by atoms with Crippen LogP contribution in [-0.2, 0) is 9.59 Å². The van der Waals surface area contributed by atoms with E-state index in [2.05, 4.69) is 5.32 Å². The molecule has 32 heavy (non-hydrogen) atoms.